The Hall–Kier alpha value is -0.380. The van der Waals surface area contributed by atoms with Crippen LogP contribution in [0.2, 0.25) is 0 Å². The Balaban J connectivity index is 2.00. The molecule has 1 aromatic rings. The van der Waals surface area contributed by atoms with Gasteiger partial charge < -0.3 is 10.4 Å². The van der Waals surface area contributed by atoms with Crippen LogP contribution in [0.5, 0.6) is 0 Å². The second-order valence-corrected chi connectivity index (χ2v) is 4.81. The molecule has 15 heavy (non-hydrogen) atoms. The SMILES string of the molecule is CC(NCCCCCCO)c1cccs1. The first-order chi connectivity index (χ1) is 7.34. The van der Waals surface area contributed by atoms with Crippen LogP contribution < -0.4 is 5.32 Å². The van der Waals surface area contributed by atoms with Gasteiger partial charge in [0.2, 0.25) is 0 Å². The summed E-state index contributed by atoms with van der Waals surface area (Å²) in [6, 6.07) is 4.75. The van der Waals surface area contributed by atoms with Crippen molar-refractivity contribution in [1.82, 2.24) is 5.32 Å². The van der Waals surface area contributed by atoms with Gasteiger partial charge in [-0.25, -0.2) is 0 Å². The minimum absolute atomic E-state index is 0.332. The van der Waals surface area contributed by atoms with Crippen LogP contribution in [-0.2, 0) is 0 Å². The van der Waals surface area contributed by atoms with Gasteiger partial charge in [-0.3, -0.25) is 0 Å². The maximum atomic E-state index is 8.62. The minimum atomic E-state index is 0.332. The van der Waals surface area contributed by atoms with Crippen molar-refractivity contribution in [2.24, 2.45) is 0 Å². The van der Waals surface area contributed by atoms with Gasteiger partial charge in [0, 0.05) is 17.5 Å². The van der Waals surface area contributed by atoms with Crippen molar-refractivity contribution in [3.63, 3.8) is 0 Å². The van der Waals surface area contributed by atoms with Crippen LogP contribution >= 0.6 is 11.3 Å². The van der Waals surface area contributed by atoms with E-state index in [9.17, 15) is 0 Å². The Morgan fingerprint density at radius 2 is 2.13 bits per heavy atom. The van der Waals surface area contributed by atoms with Gasteiger partial charge in [-0.05, 0) is 37.8 Å². The summed E-state index contributed by atoms with van der Waals surface area (Å²) in [6.45, 7) is 3.61. The van der Waals surface area contributed by atoms with Gasteiger partial charge in [0.25, 0.3) is 0 Å². The summed E-state index contributed by atoms with van der Waals surface area (Å²) in [7, 11) is 0. The molecule has 0 aliphatic heterocycles. The molecule has 1 heterocycles. The predicted octanol–water partition coefficient (Wildman–Crippen LogP) is 2.95. The lowest BCUT2D eigenvalue weighted by molar-refractivity contribution is 0.282. The molecule has 0 bridgehead atoms. The fraction of sp³-hybridized carbons (Fsp3) is 0.667. The summed E-state index contributed by atoms with van der Waals surface area (Å²) < 4.78 is 0. The molecule has 2 nitrogen and oxygen atoms in total. The van der Waals surface area contributed by atoms with Crippen LogP contribution in [-0.4, -0.2) is 18.3 Å². The van der Waals surface area contributed by atoms with Crippen LogP contribution in [0.1, 0.15) is 43.5 Å². The van der Waals surface area contributed by atoms with Crippen LogP contribution in [0.3, 0.4) is 0 Å². The van der Waals surface area contributed by atoms with E-state index in [1.165, 1.54) is 17.7 Å². The molecule has 3 heteroatoms. The van der Waals surface area contributed by atoms with Crippen LogP contribution in [0, 0.1) is 0 Å². The van der Waals surface area contributed by atoms with Crippen molar-refractivity contribution in [2.75, 3.05) is 13.2 Å². The second kappa shape index (κ2) is 7.85. The van der Waals surface area contributed by atoms with Gasteiger partial charge in [0.05, 0.1) is 0 Å². The topological polar surface area (TPSA) is 32.3 Å². The van der Waals surface area contributed by atoms with Crippen molar-refractivity contribution >= 4 is 11.3 Å². The molecule has 0 aliphatic rings. The third kappa shape index (κ3) is 5.30. The number of thiophene rings is 1. The Labute approximate surface area is 96.3 Å². The van der Waals surface area contributed by atoms with E-state index in [0.717, 1.165) is 19.4 Å². The average Bonchev–Trinajstić information content (AvgIpc) is 2.76. The number of hydrogen-bond donors (Lipinski definition) is 2. The molecule has 86 valence electrons. The first kappa shape index (κ1) is 12.7. The van der Waals surface area contributed by atoms with E-state index >= 15 is 0 Å². The highest BCUT2D eigenvalue weighted by Crippen LogP contribution is 2.17. The number of aliphatic hydroxyl groups is 1. The maximum Gasteiger partial charge on any atom is 0.0431 e. The van der Waals surface area contributed by atoms with Gasteiger partial charge in [-0.2, -0.15) is 0 Å². The Kier molecular flexibility index (Phi) is 6.64. The summed E-state index contributed by atoms with van der Waals surface area (Å²) in [5.41, 5.74) is 0. The standard InChI is InChI=1S/C12H21NOS/c1-11(12-7-6-10-15-12)13-8-4-2-3-5-9-14/h6-7,10-11,13-14H,2-5,8-9H2,1H3. The lowest BCUT2D eigenvalue weighted by Gasteiger charge is -2.11. The predicted molar refractivity (Wildman–Crippen MR) is 66.3 cm³/mol. The van der Waals surface area contributed by atoms with E-state index < -0.39 is 0 Å². The van der Waals surface area contributed by atoms with E-state index in [4.69, 9.17) is 5.11 Å². The first-order valence-corrected chi connectivity index (χ1v) is 6.60. The second-order valence-electron chi connectivity index (χ2n) is 3.83. The highest BCUT2D eigenvalue weighted by atomic mass is 32.1. The molecule has 0 radical (unpaired) electrons. The zero-order valence-corrected chi connectivity index (χ0v) is 10.2. The molecule has 0 aromatic carbocycles. The molecule has 0 saturated carbocycles. The van der Waals surface area contributed by atoms with E-state index in [-0.39, 0.29) is 0 Å². The molecule has 2 N–H and O–H groups in total. The third-order valence-corrected chi connectivity index (χ3v) is 3.56. The first-order valence-electron chi connectivity index (χ1n) is 5.72. The molecule has 1 atom stereocenters. The molecule has 0 spiro atoms. The van der Waals surface area contributed by atoms with Crippen LogP contribution in [0.25, 0.3) is 0 Å². The van der Waals surface area contributed by atoms with Gasteiger partial charge in [0.15, 0.2) is 0 Å². The lowest BCUT2D eigenvalue weighted by Crippen LogP contribution is -2.18. The van der Waals surface area contributed by atoms with E-state index in [0.29, 0.717) is 12.6 Å². The van der Waals surface area contributed by atoms with E-state index in [2.05, 4.69) is 29.8 Å². The number of hydrogen-bond acceptors (Lipinski definition) is 3. The zero-order chi connectivity index (χ0) is 10.9. The normalized spacial score (nSPS) is 12.9. The fourth-order valence-electron chi connectivity index (χ4n) is 1.55. The average molecular weight is 227 g/mol. The molecular formula is C12H21NOS. The number of nitrogens with one attached hydrogen (secondary N) is 1. The van der Waals surface area contributed by atoms with Crippen molar-refractivity contribution in [2.45, 2.75) is 38.6 Å². The fourth-order valence-corrected chi connectivity index (χ4v) is 2.31. The van der Waals surface area contributed by atoms with Crippen molar-refractivity contribution < 1.29 is 5.11 Å². The Morgan fingerprint density at radius 3 is 2.80 bits per heavy atom. The van der Waals surface area contributed by atoms with Crippen molar-refractivity contribution in [1.29, 1.82) is 0 Å². The Morgan fingerprint density at radius 1 is 1.33 bits per heavy atom. The zero-order valence-electron chi connectivity index (χ0n) is 9.41. The van der Waals surface area contributed by atoms with E-state index in [1.807, 2.05) is 11.3 Å². The van der Waals surface area contributed by atoms with Gasteiger partial charge in [-0.1, -0.05) is 18.9 Å². The van der Waals surface area contributed by atoms with Crippen LogP contribution in [0.4, 0.5) is 0 Å². The molecular weight excluding hydrogens is 206 g/mol. The molecule has 1 aromatic heterocycles. The van der Waals surface area contributed by atoms with Gasteiger partial charge >= 0.3 is 0 Å². The van der Waals surface area contributed by atoms with Crippen molar-refractivity contribution in [3.8, 4) is 0 Å². The molecule has 0 saturated heterocycles. The number of unbranched alkanes of at least 4 members (excludes halogenated alkanes) is 3. The third-order valence-electron chi connectivity index (χ3n) is 2.51. The van der Waals surface area contributed by atoms with Crippen molar-refractivity contribution in [3.05, 3.63) is 22.4 Å². The summed E-state index contributed by atoms with van der Waals surface area (Å²) >= 11 is 1.81. The quantitative estimate of drug-likeness (QED) is 0.669. The summed E-state index contributed by atoms with van der Waals surface area (Å²) in [6.07, 6.45) is 4.51. The summed E-state index contributed by atoms with van der Waals surface area (Å²) in [5.74, 6) is 0. The van der Waals surface area contributed by atoms with E-state index in [1.54, 1.807) is 0 Å². The summed E-state index contributed by atoms with van der Waals surface area (Å²) in [4.78, 5) is 1.41. The largest absolute Gasteiger partial charge is 0.396 e. The van der Waals surface area contributed by atoms with Gasteiger partial charge in [0.1, 0.15) is 0 Å². The molecule has 1 rings (SSSR count). The maximum absolute atomic E-state index is 8.62. The molecule has 0 fully saturated rings. The minimum Gasteiger partial charge on any atom is -0.396 e. The smallest absolute Gasteiger partial charge is 0.0431 e. The lowest BCUT2D eigenvalue weighted by atomic mass is 10.2. The summed E-state index contributed by atoms with van der Waals surface area (Å²) in [5, 5.41) is 14.3. The highest BCUT2D eigenvalue weighted by molar-refractivity contribution is 7.10. The number of aliphatic hydroxyl groups excluding tert-OH is 1. The van der Waals surface area contributed by atoms with Crippen LogP contribution in [0.15, 0.2) is 17.5 Å². The molecule has 1 unspecified atom stereocenters. The monoisotopic (exact) mass is 227 g/mol. The Bertz CT molecular complexity index is 236. The number of rotatable bonds is 8. The molecule has 0 aliphatic carbocycles. The van der Waals surface area contributed by atoms with Gasteiger partial charge in [-0.15, -0.1) is 11.3 Å². The molecule has 0 amide bonds. The highest BCUT2D eigenvalue weighted by Gasteiger charge is 2.03.